The fourth-order valence-corrected chi connectivity index (χ4v) is 2.10. The molecule has 0 atom stereocenters. The Balaban J connectivity index is 2.20. The van der Waals surface area contributed by atoms with Crippen LogP contribution in [-0.4, -0.2) is 0 Å². The molecular formula is C10H18NS+. The first-order valence-electron chi connectivity index (χ1n) is 4.77. The lowest BCUT2D eigenvalue weighted by atomic mass is 10.2. The zero-order valence-corrected chi connectivity index (χ0v) is 8.86. The van der Waals surface area contributed by atoms with Gasteiger partial charge in [0.25, 0.3) is 0 Å². The first kappa shape index (κ1) is 9.72. The van der Waals surface area contributed by atoms with Gasteiger partial charge in [0.05, 0.1) is 5.38 Å². The maximum absolute atomic E-state index is 2.35. The molecule has 0 spiro atoms. The van der Waals surface area contributed by atoms with Crippen LogP contribution in [0, 0.1) is 6.92 Å². The van der Waals surface area contributed by atoms with Crippen LogP contribution in [0.15, 0.2) is 10.9 Å². The molecule has 1 rings (SSSR count). The van der Waals surface area contributed by atoms with Crippen molar-refractivity contribution in [2.24, 2.45) is 0 Å². The largest absolute Gasteiger partial charge is 0.224 e. The summed E-state index contributed by atoms with van der Waals surface area (Å²) < 4.78 is 2.35. The molecule has 2 heteroatoms. The summed E-state index contributed by atoms with van der Waals surface area (Å²) in [5.74, 6) is 0. The predicted molar refractivity (Wildman–Crippen MR) is 53.4 cm³/mol. The molecule has 12 heavy (non-hydrogen) atoms. The second-order valence-corrected chi connectivity index (χ2v) is 3.97. The average Bonchev–Trinajstić information content (AvgIpc) is 2.46. The van der Waals surface area contributed by atoms with Crippen LogP contribution in [0.4, 0.5) is 0 Å². The standard InChI is InChI=1S/C10H18NS/c1-3-4-5-6-7-11-9-12-8-10(11)2/h8-9H,3-7H2,1-2H3/q+1. The fraction of sp³-hybridized carbons (Fsp3) is 0.700. The highest BCUT2D eigenvalue weighted by Crippen LogP contribution is 2.01. The van der Waals surface area contributed by atoms with Crippen molar-refractivity contribution in [3.63, 3.8) is 0 Å². The van der Waals surface area contributed by atoms with Crippen LogP contribution < -0.4 is 4.57 Å². The van der Waals surface area contributed by atoms with E-state index in [0.717, 1.165) is 0 Å². The molecule has 0 aliphatic heterocycles. The number of hydrogen-bond acceptors (Lipinski definition) is 1. The maximum Gasteiger partial charge on any atom is 0.224 e. The smallest absolute Gasteiger partial charge is 0.193 e. The van der Waals surface area contributed by atoms with Crippen LogP contribution in [0.1, 0.15) is 38.3 Å². The van der Waals surface area contributed by atoms with E-state index in [4.69, 9.17) is 0 Å². The summed E-state index contributed by atoms with van der Waals surface area (Å²) in [7, 11) is 0. The molecule has 0 unspecified atom stereocenters. The van der Waals surface area contributed by atoms with Gasteiger partial charge in [-0.25, -0.2) is 0 Å². The van der Waals surface area contributed by atoms with E-state index in [1.54, 1.807) is 11.3 Å². The topological polar surface area (TPSA) is 3.88 Å². The molecule has 0 saturated heterocycles. The fourth-order valence-electron chi connectivity index (χ4n) is 1.29. The summed E-state index contributed by atoms with van der Waals surface area (Å²) in [6.45, 7) is 5.63. The minimum Gasteiger partial charge on any atom is -0.193 e. The summed E-state index contributed by atoms with van der Waals surface area (Å²) in [5, 5.41) is 2.21. The van der Waals surface area contributed by atoms with Crippen LogP contribution in [0.2, 0.25) is 0 Å². The Bertz CT molecular complexity index is 217. The van der Waals surface area contributed by atoms with Crippen molar-refractivity contribution in [3.8, 4) is 0 Å². The number of thiazole rings is 1. The predicted octanol–water partition coefficient (Wildman–Crippen LogP) is 2.92. The lowest BCUT2D eigenvalue weighted by molar-refractivity contribution is -0.698. The highest BCUT2D eigenvalue weighted by atomic mass is 32.1. The van der Waals surface area contributed by atoms with Gasteiger partial charge in [-0.3, -0.25) is 0 Å². The number of hydrogen-bond donors (Lipinski definition) is 0. The number of aromatic nitrogens is 1. The van der Waals surface area contributed by atoms with Crippen molar-refractivity contribution in [3.05, 3.63) is 16.6 Å². The van der Waals surface area contributed by atoms with Crippen molar-refractivity contribution in [1.29, 1.82) is 0 Å². The Kier molecular flexibility index (Phi) is 4.30. The van der Waals surface area contributed by atoms with Gasteiger partial charge in [0, 0.05) is 13.3 Å². The molecule has 1 aromatic rings. The molecule has 0 radical (unpaired) electrons. The molecule has 0 aliphatic rings. The van der Waals surface area contributed by atoms with E-state index < -0.39 is 0 Å². The van der Waals surface area contributed by atoms with Crippen molar-refractivity contribution in [2.45, 2.75) is 46.1 Å². The summed E-state index contributed by atoms with van der Waals surface area (Å²) in [6.07, 6.45) is 5.41. The SMILES string of the molecule is CCCCCC[n+]1cscc1C. The quantitative estimate of drug-likeness (QED) is 0.489. The number of nitrogens with zero attached hydrogens (tertiary/aromatic N) is 1. The van der Waals surface area contributed by atoms with Crippen molar-refractivity contribution in [2.75, 3.05) is 0 Å². The molecule has 0 bridgehead atoms. The lowest BCUT2D eigenvalue weighted by Crippen LogP contribution is -2.33. The van der Waals surface area contributed by atoms with Gasteiger partial charge in [-0.15, -0.1) is 0 Å². The molecule has 0 fully saturated rings. The molecule has 1 heterocycles. The van der Waals surface area contributed by atoms with Gasteiger partial charge in [-0.05, 0) is 6.42 Å². The summed E-state index contributed by atoms with van der Waals surface area (Å²) >= 11 is 1.79. The lowest BCUT2D eigenvalue weighted by Gasteiger charge is -1.95. The first-order valence-corrected chi connectivity index (χ1v) is 5.71. The van der Waals surface area contributed by atoms with Crippen LogP contribution in [0.5, 0.6) is 0 Å². The Morgan fingerprint density at radius 1 is 1.33 bits per heavy atom. The first-order chi connectivity index (χ1) is 5.84. The van der Waals surface area contributed by atoms with Crippen LogP contribution >= 0.6 is 11.3 Å². The summed E-state index contributed by atoms with van der Waals surface area (Å²) in [6, 6.07) is 0. The monoisotopic (exact) mass is 184 g/mol. The Hall–Kier alpha value is -0.370. The van der Waals surface area contributed by atoms with Crippen LogP contribution in [-0.2, 0) is 6.54 Å². The van der Waals surface area contributed by atoms with E-state index in [2.05, 4.69) is 29.3 Å². The van der Waals surface area contributed by atoms with E-state index in [1.807, 2.05) is 0 Å². The van der Waals surface area contributed by atoms with Gasteiger partial charge in [0.1, 0.15) is 6.54 Å². The third-order valence-corrected chi connectivity index (χ3v) is 2.99. The minimum absolute atomic E-state index is 1.20. The molecule has 0 amide bonds. The maximum atomic E-state index is 2.35. The Morgan fingerprint density at radius 3 is 2.75 bits per heavy atom. The van der Waals surface area contributed by atoms with Crippen molar-refractivity contribution in [1.82, 2.24) is 0 Å². The van der Waals surface area contributed by atoms with Gasteiger partial charge < -0.3 is 0 Å². The van der Waals surface area contributed by atoms with Crippen LogP contribution in [0.25, 0.3) is 0 Å². The van der Waals surface area contributed by atoms with E-state index in [0.29, 0.717) is 0 Å². The zero-order valence-electron chi connectivity index (χ0n) is 8.05. The van der Waals surface area contributed by atoms with E-state index >= 15 is 0 Å². The normalized spacial score (nSPS) is 10.5. The van der Waals surface area contributed by atoms with Gasteiger partial charge in [-0.1, -0.05) is 31.1 Å². The van der Waals surface area contributed by atoms with Crippen molar-refractivity contribution >= 4 is 11.3 Å². The minimum atomic E-state index is 1.20. The molecule has 0 aliphatic carbocycles. The number of rotatable bonds is 5. The highest BCUT2D eigenvalue weighted by Gasteiger charge is 2.04. The van der Waals surface area contributed by atoms with Gasteiger partial charge >= 0.3 is 0 Å². The number of aryl methyl sites for hydroxylation is 2. The molecule has 1 nitrogen and oxygen atoms in total. The average molecular weight is 184 g/mol. The van der Waals surface area contributed by atoms with Gasteiger partial charge in [0.2, 0.25) is 5.51 Å². The van der Waals surface area contributed by atoms with Crippen molar-refractivity contribution < 1.29 is 4.57 Å². The molecule has 0 N–H and O–H groups in total. The third kappa shape index (κ3) is 2.94. The summed E-state index contributed by atoms with van der Waals surface area (Å²) in [4.78, 5) is 0. The molecule has 0 aromatic carbocycles. The molecule has 1 aromatic heterocycles. The highest BCUT2D eigenvalue weighted by molar-refractivity contribution is 7.07. The zero-order chi connectivity index (χ0) is 8.81. The molecule has 68 valence electrons. The van der Waals surface area contributed by atoms with E-state index in [9.17, 15) is 0 Å². The van der Waals surface area contributed by atoms with E-state index in [-0.39, 0.29) is 0 Å². The Labute approximate surface area is 79.1 Å². The van der Waals surface area contributed by atoms with Crippen LogP contribution in [0.3, 0.4) is 0 Å². The van der Waals surface area contributed by atoms with E-state index in [1.165, 1.54) is 37.9 Å². The second kappa shape index (κ2) is 5.31. The van der Waals surface area contributed by atoms with Gasteiger partial charge in [-0.2, -0.15) is 4.57 Å². The molecular weight excluding hydrogens is 166 g/mol. The number of unbranched alkanes of at least 4 members (excludes halogenated alkanes) is 3. The Morgan fingerprint density at radius 2 is 2.17 bits per heavy atom. The third-order valence-electron chi connectivity index (χ3n) is 2.13. The summed E-state index contributed by atoms with van der Waals surface area (Å²) in [5.41, 5.74) is 3.61. The molecule has 0 saturated carbocycles. The van der Waals surface area contributed by atoms with Gasteiger partial charge in [0.15, 0.2) is 5.69 Å². The second-order valence-electron chi connectivity index (χ2n) is 3.25.